The molecule has 7 heteroatoms. The van der Waals surface area contributed by atoms with Crippen LogP contribution in [-0.2, 0) is 4.74 Å². The van der Waals surface area contributed by atoms with Crippen molar-refractivity contribution < 1.29 is 14.6 Å². The van der Waals surface area contributed by atoms with Crippen LogP contribution in [0, 0.1) is 0 Å². The first kappa shape index (κ1) is 12.3. The summed E-state index contributed by atoms with van der Waals surface area (Å²) in [6.07, 6.45) is 0.971. The van der Waals surface area contributed by atoms with E-state index in [1.54, 1.807) is 7.11 Å². The lowest BCUT2D eigenvalue weighted by Gasteiger charge is -2.11. The van der Waals surface area contributed by atoms with Gasteiger partial charge in [-0.3, -0.25) is 0 Å². The fourth-order valence-electron chi connectivity index (χ4n) is 0.903. The number of aliphatic hydroxyl groups excluding tert-OH is 1. The summed E-state index contributed by atoms with van der Waals surface area (Å²) in [4.78, 5) is 0. The van der Waals surface area contributed by atoms with Gasteiger partial charge in [0.2, 0.25) is 5.88 Å². The van der Waals surface area contributed by atoms with Crippen molar-refractivity contribution in [2.24, 2.45) is 0 Å². The molecule has 1 heterocycles. The third kappa shape index (κ3) is 5.63. The lowest BCUT2D eigenvalue weighted by Crippen LogP contribution is -2.33. The summed E-state index contributed by atoms with van der Waals surface area (Å²) in [6, 6.07) is 0. The summed E-state index contributed by atoms with van der Waals surface area (Å²) in [5.74, 6) is 0.455. The van der Waals surface area contributed by atoms with Gasteiger partial charge in [-0.1, -0.05) is 0 Å². The van der Waals surface area contributed by atoms with E-state index in [1.807, 2.05) is 0 Å². The van der Waals surface area contributed by atoms with E-state index in [-0.39, 0.29) is 6.61 Å². The third-order valence-corrected chi connectivity index (χ3v) is 2.09. The van der Waals surface area contributed by atoms with E-state index in [1.165, 1.54) is 6.20 Å². The van der Waals surface area contributed by atoms with Gasteiger partial charge in [0.1, 0.15) is 18.9 Å². The summed E-state index contributed by atoms with van der Waals surface area (Å²) in [5.41, 5.74) is 0. The monoisotopic (exact) mass is 233 g/mol. The van der Waals surface area contributed by atoms with Crippen LogP contribution < -0.4 is 10.1 Å². The van der Waals surface area contributed by atoms with Crippen molar-refractivity contribution in [1.29, 1.82) is 0 Å². The fourth-order valence-corrected chi connectivity index (χ4v) is 1.27. The number of ether oxygens (including phenoxy) is 2. The molecule has 6 nitrogen and oxygen atoms in total. The molecule has 1 unspecified atom stereocenters. The highest BCUT2D eigenvalue weighted by molar-refractivity contribution is 6.99. The number of nitrogens with zero attached hydrogens (tertiary/aromatic N) is 2. The summed E-state index contributed by atoms with van der Waals surface area (Å²) in [5, 5.41) is 12.5. The van der Waals surface area contributed by atoms with Gasteiger partial charge in [-0.25, -0.2) is 0 Å². The first-order valence-electron chi connectivity index (χ1n) is 4.61. The van der Waals surface area contributed by atoms with Crippen LogP contribution in [-0.4, -0.2) is 53.4 Å². The second-order valence-electron chi connectivity index (χ2n) is 2.91. The number of nitrogens with one attached hydrogen (secondary N) is 1. The molecule has 0 radical (unpaired) electrons. The van der Waals surface area contributed by atoms with E-state index in [0.717, 1.165) is 11.7 Å². The quantitative estimate of drug-likeness (QED) is 0.590. The van der Waals surface area contributed by atoms with Crippen molar-refractivity contribution >= 4 is 11.7 Å². The normalized spacial score (nSPS) is 12.7. The highest BCUT2D eigenvalue weighted by Gasteiger charge is 2.05. The van der Waals surface area contributed by atoms with Crippen LogP contribution in [0.4, 0.5) is 0 Å². The van der Waals surface area contributed by atoms with Gasteiger partial charge in [0.25, 0.3) is 0 Å². The van der Waals surface area contributed by atoms with Crippen molar-refractivity contribution in [3.8, 4) is 5.88 Å². The standard InChI is InChI=1S/C8H15N3O3S/c1-13-3-2-9-4-7(12)6-14-8-5-10-15-11-8/h5,7,9,12H,2-4,6H2,1H3. The lowest BCUT2D eigenvalue weighted by molar-refractivity contribution is 0.101. The number of aromatic nitrogens is 2. The largest absolute Gasteiger partial charge is 0.473 e. The van der Waals surface area contributed by atoms with E-state index in [2.05, 4.69) is 14.1 Å². The number of rotatable bonds is 8. The zero-order valence-corrected chi connectivity index (χ0v) is 9.37. The number of methoxy groups -OCH3 is 1. The molecule has 0 aliphatic rings. The molecule has 1 rings (SSSR count). The van der Waals surface area contributed by atoms with Crippen LogP contribution in [0.25, 0.3) is 0 Å². The first-order valence-corrected chi connectivity index (χ1v) is 5.34. The van der Waals surface area contributed by atoms with Crippen molar-refractivity contribution in [3.05, 3.63) is 6.20 Å². The van der Waals surface area contributed by atoms with Crippen molar-refractivity contribution in [2.45, 2.75) is 6.10 Å². The van der Waals surface area contributed by atoms with Crippen LogP contribution in [0.3, 0.4) is 0 Å². The van der Waals surface area contributed by atoms with Gasteiger partial charge >= 0.3 is 0 Å². The van der Waals surface area contributed by atoms with Gasteiger partial charge < -0.3 is 19.9 Å². The van der Waals surface area contributed by atoms with E-state index >= 15 is 0 Å². The number of aliphatic hydroxyl groups is 1. The molecule has 0 saturated carbocycles. The minimum Gasteiger partial charge on any atom is -0.473 e. The molecule has 15 heavy (non-hydrogen) atoms. The van der Waals surface area contributed by atoms with Crippen LogP contribution in [0.15, 0.2) is 6.20 Å². The molecular formula is C8H15N3O3S. The van der Waals surface area contributed by atoms with Gasteiger partial charge in [-0.05, 0) is 0 Å². The van der Waals surface area contributed by atoms with E-state index in [0.29, 0.717) is 25.6 Å². The van der Waals surface area contributed by atoms with Crippen LogP contribution in [0.2, 0.25) is 0 Å². The van der Waals surface area contributed by atoms with Crippen LogP contribution in [0.1, 0.15) is 0 Å². The van der Waals surface area contributed by atoms with Crippen molar-refractivity contribution in [1.82, 2.24) is 14.1 Å². The Labute approximate surface area is 92.6 Å². The predicted octanol–water partition coefficient (Wildman–Crippen LogP) is -0.486. The Morgan fingerprint density at radius 2 is 2.53 bits per heavy atom. The highest BCUT2D eigenvalue weighted by Crippen LogP contribution is 2.04. The molecule has 0 spiro atoms. The zero-order valence-electron chi connectivity index (χ0n) is 8.55. The Kier molecular flexibility index (Phi) is 6.17. The molecular weight excluding hydrogens is 218 g/mol. The summed E-state index contributed by atoms with van der Waals surface area (Å²) < 4.78 is 17.7. The average molecular weight is 233 g/mol. The molecule has 1 atom stereocenters. The lowest BCUT2D eigenvalue weighted by atomic mass is 10.4. The van der Waals surface area contributed by atoms with Crippen molar-refractivity contribution in [2.75, 3.05) is 33.4 Å². The Morgan fingerprint density at radius 3 is 3.20 bits per heavy atom. The first-order chi connectivity index (χ1) is 7.33. The maximum Gasteiger partial charge on any atom is 0.245 e. The summed E-state index contributed by atoms with van der Waals surface area (Å²) in [6.45, 7) is 2.03. The Balaban J connectivity index is 2.01. The van der Waals surface area contributed by atoms with Gasteiger partial charge in [-0.2, -0.15) is 4.37 Å². The Bertz CT molecular complexity index is 245. The number of hydrogen-bond acceptors (Lipinski definition) is 7. The molecule has 0 amide bonds. The smallest absolute Gasteiger partial charge is 0.245 e. The molecule has 0 saturated heterocycles. The Hall–Kier alpha value is -0.760. The second kappa shape index (κ2) is 7.52. The summed E-state index contributed by atoms with van der Waals surface area (Å²) >= 11 is 1.08. The van der Waals surface area contributed by atoms with E-state index in [9.17, 15) is 5.11 Å². The Morgan fingerprint density at radius 1 is 1.67 bits per heavy atom. The van der Waals surface area contributed by atoms with Gasteiger partial charge in [-0.15, -0.1) is 4.37 Å². The molecule has 0 fully saturated rings. The zero-order chi connectivity index (χ0) is 10.9. The highest BCUT2D eigenvalue weighted by atomic mass is 32.1. The predicted molar refractivity (Wildman–Crippen MR) is 56.2 cm³/mol. The van der Waals surface area contributed by atoms with Gasteiger partial charge in [0.15, 0.2) is 0 Å². The molecule has 2 N–H and O–H groups in total. The molecule has 0 aliphatic heterocycles. The minimum absolute atomic E-state index is 0.214. The molecule has 0 aromatic carbocycles. The maximum absolute atomic E-state index is 9.47. The van der Waals surface area contributed by atoms with E-state index < -0.39 is 6.10 Å². The van der Waals surface area contributed by atoms with Crippen LogP contribution >= 0.6 is 11.7 Å². The van der Waals surface area contributed by atoms with E-state index in [4.69, 9.17) is 9.47 Å². The third-order valence-electron chi connectivity index (χ3n) is 1.63. The topological polar surface area (TPSA) is 76.5 Å². The SMILES string of the molecule is COCCNCC(O)COc1cnsn1. The molecule has 86 valence electrons. The van der Waals surface area contributed by atoms with Crippen molar-refractivity contribution in [3.63, 3.8) is 0 Å². The maximum atomic E-state index is 9.47. The molecule has 1 aromatic rings. The van der Waals surface area contributed by atoms with Gasteiger partial charge in [0.05, 0.1) is 18.3 Å². The molecule has 1 aromatic heterocycles. The second-order valence-corrected chi connectivity index (χ2v) is 3.46. The van der Waals surface area contributed by atoms with Crippen LogP contribution in [0.5, 0.6) is 5.88 Å². The fraction of sp³-hybridized carbons (Fsp3) is 0.750. The summed E-state index contributed by atoms with van der Waals surface area (Å²) in [7, 11) is 1.64. The average Bonchev–Trinajstić information content (AvgIpc) is 2.74. The number of hydrogen-bond donors (Lipinski definition) is 2. The van der Waals surface area contributed by atoms with Gasteiger partial charge in [0, 0.05) is 20.2 Å². The molecule has 0 aliphatic carbocycles. The minimum atomic E-state index is -0.552. The molecule has 0 bridgehead atoms.